The summed E-state index contributed by atoms with van der Waals surface area (Å²) < 4.78 is 11.1. The largest absolute Gasteiger partial charge is 0.353 e. The van der Waals surface area contributed by atoms with Gasteiger partial charge in [-0.05, 0) is 31.8 Å². The number of ether oxygens (including phenoxy) is 2. The highest BCUT2D eigenvalue weighted by Gasteiger charge is 2.12. The van der Waals surface area contributed by atoms with Crippen LogP contribution in [0, 0.1) is 0 Å². The predicted molar refractivity (Wildman–Crippen MR) is 70.2 cm³/mol. The minimum atomic E-state index is -1.08. The van der Waals surface area contributed by atoms with E-state index in [-0.39, 0.29) is 6.29 Å². The van der Waals surface area contributed by atoms with Crippen LogP contribution >= 0.6 is 0 Å². The normalized spacial score (nSPS) is 21.3. The summed E-state index contributed by atoms with van der Waals surface area (Å²) in [5.41, 5.74) is 5.48. The van der Waals surface area contributed by atoms with Gasteiger partial charge < -0.3 is 9.47 Å². The van der Waals surface area contributed by atoms with E-state index in [0.717, 1.165) is 26.1 Å². The van der Waals surface area contributed by atoms with Gasteiger partial charge in [0.2, 0.25) is 0 Å². The summed E-state index contributed by atoms with van der Waals surface area (Å²) in [6.45, 7) is 8.52. The van der Waals surface area contributed by atoms with Crippen LogP contribution in [-0.4, -0.2) is 27.6 Å². The van der Waals surface area contributed by atoms with Crippen LogP contribution in [0.3, 0.4) is 0 Å². The van der Waals surface area contributed by atoms with Crippen LogP contribution in [0.2, 0.25) is 19.6 Å². The highest BCUT2D eigenvalue weighted by molar-refractivity contribution is 6.80. The van der Waals surface area contributed by atoms with Crippen molar-refractivity contribution in [3.63, 3.8) is 0 Å². The average Bonchev–Trinajstić information content (AvgIpc) is 2.23. The summed E-state index contributed by atoms with van der Waals surface area (Å²) in [6.07, 6.45) is 6.51. The van der Waals surface area contributed by atoms with Crippen molar-refractivity contribution in [1.29, 1.82) is 0 Å². The molecule has 1 saturated heterocycles. The van der Waals surface area contributed by atoms with Gasteiger partial charge in [-0.3, -0.25) is 0 Å². The van der Waals surface area contributed by atoms with Gasteiger partial charge in [-0.2, -0.15) is 0 Å². The lowest BCUT2D eigenvalue weighted by Gasteiger charge is -2.22. The molecule has 0 saturated carbocycles. The highest BCUT2D eigenvalue weighted by atomic mass is 28.3. The fourth-order valence-corrected chi connectivity index (χ4v) is 2.11. The first kappa shape index (κ1) is 13.7. The van der Waals surface area contributed by atoms with Gasteiger partial charge in [-0.15, -0.1) is 5.73 Å². The minimum Gasteiger partial charge on any atom is -0.353 e. The monoisotopic (exact) mass is 240 g/mol. The van der Waals surface area contributed by atoms with Gasteiger partial charge in [-0.25, -0.2) is 0 Å². The van der Waals surface area contributed by atoms with Gasteiger partial charge in [0.1, 0.15) is 0 Å². The standard InChI is InChI=1S/C13H24O2Si/c1-16(2,3)12-8-4-6-10-14-13-9-5-7-11-15-13/h4,12-13H,5-7,9-11H2,1-3H3. The van der Waals surface area contributed by atoms with Crippen LogP contribution in [0.1, 0.15) is 25.7 Å². The Morgan fingerprint density at radius 1 is 1.38 bits per heavy atom. The molecule has 1 atom stereocenters. The Balaban J connectivity index is 2.09. The second-order valence-electron chi connectivity index (χ2n) is 5.34. The van der Waals surface area contributed by atoms with Crippen LogP contribution in [0.15, 0.2) is 17.5 Å². The first-order valence-electron chi connectivity index (χ1n) is 6.23. The van der Waals surface area contributed by atoms with Gasteiger partial charge in [0, 0.05) is 6.61 Å². The minimum absolute atomic E-state index is 0.0446. The third kappa shape index (κ3) is 7.02. The van der Waals surface area contributed by atoms with E-state index in [1.54, 1.807) is 0 Å². The lowest BCUT2D eigenvalue weighted by atomic mass is 10.2. The van der Waals surface area contributed by atoms with E-state index in [9.17, 15) is 0 Å². The Labute approximate surface area is 100 Å². The molecule has 92 valence electrons. The molecule has 1 rings (SSSR count). The molecule has 1 fully saturated rings. The Kier molecular flexibility index (Phi) is 6.07. The smallest absolute Gasteiger partial charge is 0.157 e. The van der Waals surface area contributed by atoms with Gasteiger partial charge in [0.05, 0.1) is 14.7 Å². The van der Waals surface area contributed by atoms with E-state index in [1.807, 2.05) is 0 Å². The van der Waals surface area contributed by atoms with Gasteiger partial charge >= 0.3 is 0 Å². The van der Waals surface area contributed by atoms with Crippen LogP contribution in [0.4, 0.5) is 0 Å². The number of hydrogen-bond donors (Lipinski definition) is 0. The summed E-state index contributed by atoms with van der Waals surface area (Å²) in [4.78, 5) is 0. The molecule has 2 nitrogen and oxygen atoms in total. The molecule has 0 N–H and O–H groups in total. The van der Waals surface area contributed by atoms with E-state index in [1.165, 1.54) is 12.8 Å². The summed E-state index contributed by atoms with van der Waals surface area (Å²) in [7, 11) is -1.08. The molecule has 0 aliphatic carbocycles. The fraction of sp³-hybridized carbons (Fsp3) is 0.769. The topological polar surface area (TPSA) is 18.5 Å². The van der Waals surface area contributed by atoms with Crippen LogP contribution in [0.5, 0.6) is 0 Å². The molecule has 3 heteroatoms. The van der Waals surface area contributed by atoms with Crippen molar-refractivity contribution in [3.05, 3.63) is 17.5 Å². The SMILES string of the molecule is C[Si](C)(C)C=C=CCCOC1CCCCO1. The maximum absolute atomic E-state index is 5.62. The Morgan fingerprint density at radius 2 is 2.19 bits per heavy atom. The average molecular weight is 240 g/mol. The van der Waals surface area contributed by atoms with Crippen molar-refractivity contribution in [2.75, 3.05) is 13.2 Å². The second-order valence-corrected chi connectivity index (χ2v) is 10.4. The van der Waals surface area contributed by atoms with E-state index in [4.69, 9.17) is 9.47 Å². The van der Waals surface area contributed by atoms with Crippen molar-refractivity contribution in [2.45, 2.75) is 51.6 Å². The quantitative estimate of drug-likeness (QED) is 0.416. The number of hydrogen-bond acceptors (Lipinski definition) is 2. The fourth-order valence-electron chi connectivity index (χ4n) is 1.49. The third-order valence-electron chi connectivity index (χ3n) is 2.34. The van der Waals surface area contributed by atoms with Crippen molar-refractivity contribution < 1.29 is 9.47 Å². The summed E-state index contributed by atoms with van der Waals surface area (Å²) >= 11 is 0. The molecule has 0 aromatic heterocycles. The van der Waals surface area contributed by atoms with Crippen molar-refractivity contribution >= 4 is 8.07 Å². The second kappa shape index (κ2) is 7.07. The van der Waals surface area contributed by atoms with E-state index in [0.29, 0.717) is 0 Å². The van der Waals surface area contributed by atoms with E-state index in [2.05, 4.69) is 37.1 Å². The van der Waals surface area contributed by atoms with Crippen molar-refractivity contribution in [3.8, 4) is 0 Å². The van der Waals surface area contributed by atoms with Crippen LogP contribution < -0.4 is 0 Å². The maximum atomic E-state index is 5.62. The summed E-state index contributed by atoms with van der Waals surface area (Å²) in [5.74, 6) is 0. The molecule has 0 aromatic rings. The molecule has 0 amide bonds. The number of rotatable bonds is 5. The molecule has 0 bridgehead atoms. The lowest BCUT2D eigenvalue weighted by molar-refractivity contribution is -0.161. The third-order valence-corrected chi connectivity index (χ3v) is 3.37. The van der Waals surface area contributed by atoms with Gasteiger partial charge in [-0.1, -0.05) is 25.3 Å². The van der Waals surface area contributed by atoms with Crippen LogP contribution in [0.25, 0.3) is 0 Å². The molecular formula is C13H24O2Si. The molecule has 0 radical (unpaired) electrons. The summed E-state index contributed by atoms with van der Waals surface area (Å²) in [6, 6.07) is 0. The molecule has 1 heterocycles. The van der Waals surface area contributed by atoms with Gasteiger partial charge in [0.25, 0.3) is 0 Å². The lowest BCUT2D eigenvalue weighted by Crippen LogP contribution is -2.22. The zero-order chi connectivity index (χ0) is 11.9. The van der Waals surface area contributed by atoms with E-state index >= 15 is 0 Å². The van der Waals surface area contributed by atoms with Crippen LogP contribution in [-0.2, 0) is 9.47 Å². The Bertz CT molecular complexity index is 243. The zero-order valence-electron chi connectivity index (χ0n) is 10.8. The maximum Gasteiger partial charge on any atom is 0.157 e. The first-order chi connectivity index (χ1) is 7.58. The molecule has 1 aliphatic rings. The highest BCUT2D eigenvalue weighted by Crippen LogP contribution is 2.13. The Morgan fingerprint density at radius 3 is 2.81 bits per heavy atom. The molecule has 1 aliphatic heterocycles. The molecule has 16 heavy (non-hydrogen) atoms. The molecule has 0 spiro atoms. The van der Waals surface area contributed by atoms with Crippen molar-refractivity contribution in [2.24, 2.45) is 0 Å². The molecule has 1 unspecified atom stereocenters. The first-order valence-corrected chi connectivity index (χ1v) is 9.81. The zero-order valence-corrected chi connectivity index (χ0v) is 11.8. The van der Waals surface area contributed by atoms with E-state index < -0.39 is 8.07 Å². The van der Waals surface area contributed by atoms with Gasteiger partial charge in [0.15, 0.2) is 6.29 Å². The van der Waals surface area contributed by atoms with Crippen molar-refractivity contribution in [1.82, 2.24) is 0 Å². The predicted octanol–water partition coefficient (Wildman–Crippen LogP) is 3.51. The molecule has 0 aromatic carbocycles. The Hall–Kier alpha value is -0.343. The summed E-state index contributed by atoms with van der Waals surface area (Å²) in [5, 5.41) is 0. The molecular weight excluding hydrogens is 216 g/mol.